The SMILES string of the molecule is CSc1ccc([C@@H]2C(C(=O)OC(C)C)=C(C)N=c3s/c(=C\c4cn(Cc5cccc(Cl)c5)c5ccccc45)c(=O)n32)cc1. The summed E-state index contributed by atoms with van der Waals surface area (Å²) in [5, 5.41) is 1.73. The summed E-state index contributed by atoms with van der Waals surface area (Å²) in [6.45, 7) is 6.08. The molecule has 3 heterocycles. The van der Waals surface area contributed by atoms with E-state index in [0.717, 1.165) is 32.5 Å². The number of rotatable bonds is 7. The van der Waals surface area contributed by atoms with Crippen molar-refractivity contribution in [1.29, 1.82) is 0 Å². The van der Waals surface area contributed by atoms with Gasteiger partial charge in [0.1, 0.15) is 0 Å². The van der Waals surface area contributed by atoms with Crippen molar-refractivity contribution in [2.24, 2.45) is 4.99 Å². The highest BCUT2D eigenvalue weighted by Gasteiger charge is 2.33. The Hall–Kier alpha value is -3.85. The minimum atomic E-state index is -0.648. The number of hydrogen-bond acceptors (Lipinski definition) is 6. The highest BCUT2D eigenvalue weighted by Crippen LogP contribution is 2.32. The number of thiazole rings is 1. The zero-order valence-corrected chi connectivity index (χ0v) is 26.6. The summed E-state index contributed by atoms with van der Waals surface area (Å²) in [5.74, 6) is -0.464. The summed E-state index contributed by atoms with van der Waals surface area (Å²) in [6.07, 6.45) is 5.71. The van der Waals surface area contributed by atoms with Crippen LogP contribution in [0, 0.1) is 0 Å². The first-order valence-corrected chi connectivity index (χ1v) is 16.3. The van der Waals surface area contributed by atoms with E-state index in [0.29, 0.717) is 32.2 Å². The van der Waals surface area contributed by atoms with E-state index in [2.05, 4.69) is 22.9 Å². The lowest BCUT2D eigenvalue weighted by Gasteiger charge is -2.25. The van der Waals surface area contributed by atoms with E-state index >= 15 is 0 Å². The highest BCUT2D eigenvalue weighted by atomic mass is 35.5. The highest BCUT2D eigenvalue weighted by molar-refractivity contribution is 7.98. The van der Waals surface area contributed by atoms with Gasteiger partial charge in [-0.15, -0.1) is 11.8 Å². The molecule has 0 saturated carbocycles. The zero-order valence-electron chi connectivity index (χ0n) is 24.2. The van der Waals surface area contributed by atoms with Gasteiger partial charge in [-0.3, -0.25) is 9.36 Å². The van der Waals surface area contributed by atoms with Crippen LogP contribution >= 0.6 is 34.7 Å². The molecule has 9 heteroatoms. The molecule has 0 spiro atoms. The van der Waals surface area contributed by atoms with Crippen LogP contribution in [0.5, 0.6) is 0 Å². The van der Waals surface area contributed by atoms with Crippen molar-refractivity contribution in [3.8, 4) is 0 Å². The molecule has 0 unspecified atom stereocenters. The fourth-order valence-corrected chi connectivity index (χ4v) is 7.11. The van der Waals surface area contributed by atoms with Gasteiger partial charge in [-0.1, -0.05) is 65.4 Å². The number of thioether (sulfide) groups is 1. The van der Waals surface area contributed by atoms with Crippen LogP contribution in [0.2, 0.25) is 5.02 Å². The number of hydrogen-bond donors (Lipinski definition) is 0. The molecule has 6 rings (SSSR count). The Kier molecular flexibility index (Phi) is 8.18. The first-order valence-electron chi connectivity index (χ1n) is 13.9. The van der Waals surface area contributed by atoms with Crippen molar-refractivity contribution in [2.45, 2.75) is 44.4 Å². The second-order valence-electron chi connectivity index (χ2n) is 10.7. The van der Waals surface area contributed by atoms with Crippen LogP contribution in [0.3, 0.4) is 0 Å². The average Bonchev–Trinajstić information content (AvgIpc) is 3.48. The molecule has 6 nitrogen and oxygen atoms in total. The molecule has 3 aromatic carbocycles. The Morgan fingerprint density at radius 2 is 1.88 bits per heavy atom. The number of benzene rings is 3. The Morgan fingerprint density at radius 1 is 1.12 bits per heavy atom. The van der Waals surface area contributed by atoms with Crippen molar-refractivity contribution in [3.05, 3.63) is 132 Å². The molecule has 0 N–H and O–H groups in total. The number of para-hydroxylation sites is 1. The van der Waals surface area contributed by atoms with Gasteiger partial charge < -0.3 is 9.30 Å². The van der Waals surface area contributed by atoms with E-state index in [1.54, 1.807) is 23.3 Å². The summed E-state index contributed by atoms with van der Waals surface area (Å²) < 4.78 is 9.98. The van der Waals surface area contributed by atoms with Gasteiger partial charge in [0.2, 0.25) is 0 Å². The van der Waals surface area contributed by atoms with E-state index in [4.69, 9.17) is 21.3 Å². The van der Waals surface area contributed by atoms with Crippen LogP contribution in [0.25, 0.3) is 17.0 Å². The van der Waals surface area contributed by atoms with Gasteiger partial charge in [-0.2, -0.15) is 0 Å². The van der Waals surface area contributed by atoms with E-state index < -0.39 is 12.0 Å². The second-order valence-corrected chi connectivity index (χ2v) is 13.0. The molecule has 43 heavy (non-hydrogen) atoms. The number of aromatic nitrogens is 2. The third kappa shape index (κ3) is 5.75. The first-order chi connectivity index (χ1) is 20.7. The van der Waals surface area contributed by atoms with Crippen LogP contribution < -0.4 is 14.9 Å². The molecule has 218 valence electrons. The third-order valence-corrected chi connectivity index (χ3v) is 9.33. The number of allylic oxidation sites excluding steroid dienone is 1. The van der Waals surface area contributed by atoms with Crippen LogP contribution in [0.15, 0.2) is 105 Å². The summed E-state index contributed by atoms with van der Waals surface area (Å²) in [4.78, 5) is 34.0. The summed E-state index contributed by atoms with van der Waals surface area (Å²) in [5.41, 5.74) is 4.63. The third-order valence-electron chi connectivity index (χ3n) is 7.36. The molecule has 0 radical (unpaired) electrons. The maximum Gasteiger partial charge on any atom is 0.338 e. The topological polar surface area (TPSA) is 65.6 Å². The van der Waals surface area contributed by atoms with E-state index in [9.17, 15) is 9.59 Å². The summed E-state index contributed by atoms with van der Waals surface area (Å²) >= 11 is 9.22. The van der Waals surface area contributed by atoms with Crippen molar-refractivity contribution in [3.63, 3.8) is 0 Å². The maximum atomic E-state index is 14.2. The maximum absolute atomic E-state index is 14.2. The minimum Gasteiger partial charge on any atom is -0.459 e. The van der Waals surface area contributed by atoms with Crippen molar-refractivity contribution in [1.82, 2.24) is 9.13 Å². The molecule has 0 amide bonds. The van der Waals surface area contributed by atoms with Gasteiger partial charge in [0, 0.05) is 39.1 Å². The monoisotopic (exact) mass is 627 g/mol. The number of nitrogens with zero attached hydrogens (tertiary/aromatic N) is 3. The van der Waals surface area contributed by atoms with Crippen molar-refractivity contribution >= 4 is 57.6 Å². The van der Waals surface area contributed by atoms with Crippen LogP contribution in [-0.2, 0) is 16.1 Å². The summed E-state index contributed by atoms with van der Waals surface area (Å²) in [6, 6.07) is 23.3. The summed E-state index contributed by atoms with van der Waals surface area (Å²) in [7, 11) is 0. The van der Waals surface area contributed by atoms with E-state index in [1.165, 1.54) is 11.3 Å². The molecule has 0 aliphatic carbocycles. The fourth-order valence-electron chi connectivity index (χ4n) is 5.46. The van der Waals surface area contributed by atoms with Crippen LogP contribution in [0.4, 0.5) is 0 Å². The quantitative estimate of drug-likeness (QED) is 0.151. The molecule has 1 atom stereocenters. The van der Waals surface area contributed by atoms with Gasteiger partial charge in [0.05, 0.1) is 27.9 Å². The predicted octanol–water partition coefficient (Wildman–Crippen LogP) is 6.57. The minimum absolute atomic E-state index is 0.197. The zero-order chi connectivity index (χ0) is 30.2. The number of esters is 1. The number of carbonyl (C=O) groups is 1. The van der Waals surface area contributed by atoms with E-state index in [-0.39, 0.29) is 11.7 Å². The first kappa shape index (κ1) is 29.2. The Balaban J connectivity index is 1.50. The molecule has 0 saturated heterocycles. The van der Waals surface area contributed by atoms with Gasteiger partial charge in [0.25, 0.3) is 5.56 Å². The van der Waals surface area contributed by atoms with Crippen molar-refractivity contribution in [2.75, 3.05) is 6.26 Å². The van der Waals surface area contributed by atoms with Gasteiger partial charge in [-0.05, 0) is 74.6 Å². The largest absolute Gasteiger partial charge is 0.459 e. The predicted molar refractivity (Wildman–Crippen MR) is 176 cm³/mol. The molecular formula is C34H30ClN3O3S2. The standard InChI is InChI=1S/C34H30ClN3O3S2/c1-20(2)41-33(40)30-21(3)36-34-38(31(30)23-12-14-26(42-4)15-13-23)32(39)29(43-34)17-24-19-37(28-11-6-5-10-27(24)28)18-22-8-7-9-25(35)16-22/h5-17,19-20,31H,18H2,1-4H3/b29-17-/t31-/m1/s1. The fraction of sp³-hybridized carbons (Fsp3) is 0.206. The Morgan fingerprint density at radius 3 is 2.60 bits per heavy atom. The molecular weight excluding hydrogens is 598 g/mol. The Bertz CT molecular complexity index is 2070. The molecule has 1 aliphatic rings. The molecule has 5 aromatic rings. The lowest BCUT2D eigenvalue weighted by molar-refractivity contribution is -0.143. The second kappa shape index (κ2) is 12.0. The van der Waals surface area contributed by atoms with Crippen molar-refractivity contribution < 1.29 is 9.53 Å². The van der Waals surface area contributed by atoms with Gasteiger partial charge in [-0.25, -0.2) is 9.79 Å². The number of ether oxygens (including phenoxy) is 1. The smallest absolute Gasteiger partial charge is 0.338 e. The van der Waals surface area contributed by atoms with Gasteiger partial charge in [0.15, 0.2) is 4.80 Å². The molecule has 0 bridgehead atoms. The number of halogens is 1. The molecule has 1 aliphatic heterocycles. The van der Waals surface area contributed by atoms with Crippen LogP contribution in [0.1, 0.15) is 43.5 Å². The van der Waals surface area contributed by atoms with Gasteiger partial charge >= 0.3 is 5.97 Å². The molecule has 2 aromatic heterocycles. The molecule has 0 fully saturated rings. The normalized spacial score (nSPS) is 15.2. The Labute approximate surface area is 262 Å². The lowest BCUT2D eigenvalue weighted by atomic mass is 9.96. The lowest BCUT2D eigenvalue weighted by Crippen LogP contribution is -2.40. The average molecular weight is 628 g/mol. The number of fused-ring (bicyclic) bond motifs is 2. The number of carbonyl (C=O) groups excluding carboxylic acids is 1. The van der Waals surface area contributed by atoms with E-state index in [1.807, 2.05) is 86.8 Å². The van der Waals surface area contributed by atoms with Crippen LogP contribution in [-0.4, -0.2) is 27.5 Å².